The van der Waals surface area contributed by atoms with Crippen molar-refractivity contribution in [3.8, 4) is 0 Å². The van der Waals surface area contributed by atoms with Crippen molar-refractivity contribution >= 4 is 84.8 Å². The monoisotopic (exact) mass is 314 g/mol. The lowest BCUT2D eigenvalue weighted by molar-refractivity contribution is 0.381. The molecule has 0 spiro atoms. The molecule has 11 heteroatoms. The molecule has 0 aromatic carbocycles. The van der Waals surface area contributed by atoms with E-state index in [0.29, 0.717) is 0 Å². The zero-order valence-electron chi connectivity index (χ0n) is 4.57. The summed E-state index contributed by atoms with van der Waals surface area (Å²) in [6.07, 6.45) is 0. The van der Waals surface area contributed by atoms with Crippen LogP contribution >= 0.6 is 74.4 Å². The number of halogens is 6. The maximum atomic E-state index is 8.74. The Morgan fingerprint density at radius 3 is 0.636 bits per heavy atom. The molecule has 0 aliphatic carbocycles. The quantitative estimate of drug-likeness (QED) is 0.669. The van der Waals surface area contributed by atoms with Crippen molar-refractivity contribution in [2.45, 2.75) is 0 Å². The average molecular weight is 317 g/mol. The highest BCUT2D eigenvalue weighted by atomic mass is 35.5. The van der Waals surface area contributed by atoms with Gasteiger partial charge in [-0.05, 0) is 0 Å². The van der Waals surface area contributed by atoms with Gasteiger partial charge in [0.2, 0.25) is 0 Å². The Hall–Kier alpha value is 1.61. The molecule has 4 nitrogen and oxygen atoms in total. The summed E-state index contributed by atoms with van der Waals surface area (Å²) in [5.74, 6) is 0. The summed E-state index contributed by atoms with van der Waals surface area (Å²) in [7, 11) is -4.67. The second kappa shape index (κ2) is 22.6. The van der Waals surface area contributed by atoms with Crippen LogP contribution in [0.2, 0.25) is 0 Å². The first-order valence-electron chi connectivity index (χ1n) is 0.698. The van der Waals surface area contributed by atoms with Crippen LogP contribution in [0.5, 0.6) is 0 Å². The number of hydrogen-bond acceptors (Lipinski definition) is 2. The largest absolute Gasteiger partial charge is 0.394 e. The van der Waals surface area contributed by atoms with E-state index in [9.17, 15) is 0 Å². The molecule has 0 aliphatic rings. The molecule has 0 amide bonds. The van der Waals surface area contributed by atoms with E-state index in [0.717, 1.165) is 0 Å². The highest BCUT2D eigenvalue weighted by molar-refractivity contribution is 7.79. The van der Waals surface area contributed by atoms with E-state index in [1.54, 1.807) is 0 Å². The zero-order chi connectivity index (χ0) is 4.50. The van der Waals surface area contributed by atoms with Gasteiger partial charge < -0.3 is 0 Å². The normalized spacial score (nSPS) is 5.27. The van der Waals surface area contributed by atoms with Gasteiger partial charge in [-0.15, -0.1) is 74.4 Å². The fourth-order valence-electron chi connectivity index (χ4n) is 0. The molecule has 11 heavy (non-hydrogen) atoms. The molecule has 0 aromatic rings. The minimum absolute atomic E-state index is 0. The molecule has 2 N–H and O–H groups in total. The summed E-state index contributed by atoms with van der Waals surface area (Å²) in [5.41, 5.74) is 0. The van der Waals surface area contributed by atoms with Crippen molar-refractivity contribution in [1.29, 1.82) is 0 Å². The van der Waals surface area contributed by atoms with Crippen molar-refractivity contribution in [3.05, 3.63) is 0 Å². The Labute approximate surface area is 102 Å². The predicted octanol–water partition coefficient (Wildman–Crippen LogP) is 1.88. The van der Waals surface area contributed by atoms with E-state index < -0.39 is 10.4 Å². The molecule has 0 radical (unpaired) electrons. The Balaban J connectivity index is -0.00000000533. The van der Waals surface area contributed by atoms with Gasteiger partial charge in [0.05, 0.1) is 0 Å². The minimum atomic E-state index is -4.67. The Morgan fingerprint density at radius 2 is 0.636 bits per heavy atom. The first-order chi connectivity index (χ1) is 2.00. The van der Waals surface area contributed by atoms with E-state index in [1.165, 1.54) is 0 Å². The number of hydrogen-bond donors (Lipinski definition) is 2. The Kier molecular flexibility index (Phi) is 111. The van der Waals surface area contributed by atoms with Crippen LogP contribution in [0.15, 0.2) is 0 Å². The molecule has 0 rings (SSSR count). The van der Waals surface area contributed by atoms with Crippen LogP contribution in [0, 0.1) is 0 Å². The maximum absolute atomic E-state index is 8.74. The van der Waals surface area contributed by atoms with Gasteiger partial charge in [0, 0.05) is 0 Å². The van der Waals surface area contributed by atoms with Gasteiger partial charge in [0.25, 0.3) is 0 Å². The summed E-state index contributed by atoms with van der Waals surface area (Å²) >= 11 is 0. The van der Waals surface area contributed by atoms with E-state index >= 15 is 0 Å². The van der Waals surface area contributed by atoms with Crippen LogP contribution in [0.1, 0.15) is 0 Å². The number of rotatable bonds is 0. The van der Waals surface area contributed by atoms with Gasteiger partial charge in [0.15, 0.2) is 0 Å². The van der Waals surface area contributed by atoms with Crippen molar-refractivity contribution in [2.24, 2.45) is 0 Å². The van der Waals surface area contributed by atoms with E-state index in [1.807, 2.05) is 0 Å². The van der Waals surface area contributed by atoms with E-state index in [2.05, 4.69) is 0 Å². The highest BCUT2D eigenvalue weighted by Crippen LogP contribution is 1.59. The molecular formula is H8Cl6O4S. The lowest BCUT2D eigenvalue weighted by Crippen LogP contribution is -1.89. The summed E-state index contributed by atoms with van der Waals surface area (Å²) in [4.78, 5) is 0. The summed E-state index contributed by atoms with van der Waals surface area (Å²) in [6, 6.07) is 0. The van der Waals surface area contributed by atoms with Gasteiger partial charge in [-0.1, -0.05) is 0 Å². The van der Waals surface area contributed by atoms with Crippen molar-refractivity contribution in [2.75, 3.05) is 0 Å². The molecule has 0 bridgehead atoms. The molecule has 0 saturated carbocycles. The molecule has 0 aliphatic heterocycles. The van der Waals surface area contributed by atoms with E-state index in [4.69, 9.17) is 17.5 Å². The standard InChI is InChI=1S/6ClH.H2O4S/c;;;;;;1-5(2,3)4/h6*1H;(H2,1,2,3,4). The van der Waals surface area contributed by atoms with E-state index in [-0.39, 0.29) is 74.4 Å². The molecule has 80 valence electrons. The Bertz CT molecular complexity index is 97.8. The third-order valence-corrected chi connectivity index (χ3v) is 0. The molecule has 0 saturated heterocycles. The average Bonchev–Trinajstić information content (AvgIpc) is 0.722. The fourth-order valence-corrected chi connectivity index (χ4v) is 0. The Morgan fingerprint density at radius 1 is 0.636 bits per heavy atom. The first-order valence-corrected chi connectivity index (χ1v) is 2.10. The molecule has 0 fully saturated rings. The maximum Gasteiger partial charge on any atom is 0.394 e. The van der Waals surface area contributed by atoms with Crippen LogP contribution in [0.3, 0.4) is 0 Å². The van der Waals surface area contributed by atoms with Crippen LogP contribution in [0.25, 0.3) is 0 Å². The summed E-state index contributed by atoms with van der Waals surface area (Å²) in [6.45, 7) is 0. The minimum Gasteiger partial charge on any atom is -0.264 e. The van der Waals surface area contributed by atoms with Crippen molar-refractivity contribution in [3.63, 3.8) is 0 Å². The van der Waals surface area contributed by atoms with Crippen LogP contribution in [-0.4, -0.2) is 17.5 Å². The second-order valence-corrected chi connectivity index (χ2v) is 1.34. The third kappa shape index (κ3) is 414. The lowest BCUT2D eigenvalue weighted by Gasteiger charge is -1.68. The SMILES string of the molecule is Cl.Cl.Cl.Cl.Cl.Cl.O=S(=O)(O)O. The van der Waals surface area contributed by atoms with Gasteiger partial charge in [0.1, 0.15) is 0 Å². The van der Waals surface area contributed by atoms with Gasteiger partial charge >= 0.3 is 10.4 Å². The molecular weight excluding hydrogens is 309 g/mol. The van der Waals surface area contributed by atoms with Gasteiger partial charge in [-0.2, -0.15) is 8.42 Å². The highest BCUT2D eigenvalue weighted by Gasteiger charge is 1.84. The summed E-state index contributed by atoms with van der Waals surface area (Å²) < 4.78 is 31.6. The molecule has 0 unspecified atom stereocenters. The van der Waals surface area contributed by atoms with Gasteiger partial charge in [-0.25, -0.2) is 0 Å². The summed E-state index contributed by atoms with van der Waals surface area (Å²) in [5, 5.41) is 0. The van der Waals surface area contributed by atoms with Crippen LogP contribution in [-0.2, 0) is 10.4 Å². The smallest absolute Gasteiger partial charge is 0.264 e. The third-order valence-electron chi connectivity index (χ3n) is 0. The topological polar surface area (TPSA) is 74.6 Å². The van der Waals surface area contributed by atoms with Crippen LogP contribution < -0.4 is 0 Å². The van der Waals surface area contributed by atoms with Crippen molar-refractivity contribution in [1.82, 2.24) is 0 Å². The predicted molar refractivity (Wildman–Crippen MR) is 57.7 cm³/mol. The van der Waals surface area contributed by atoms with Gasteiger partial charge in [-0.3, -0.25) is 9.11 Å². The molecule has 0 aromatic heterocycles. The lowest BCUT2D eigenvalue weighted by atomic mass is 15.8. The van der Waals surface area contributed by atoms with Crippen LogP contribution in [0.4, 0.5) is 0 Å². The van der Waals surface area contributed by atoms with Crippen molar-refractivity contribution < 1.29 is 17.5 Å². The fraction of sp³-hybridized carbons (Fsp3) is 0. The second-order valence-electron chi connectivity index (χ2n) is 0.448. The molecule has 0 atom stereocenters. The molecule has 0 heterocycles. The first kappa shape index (κ1) is 54.0. The zero-order valence-corrected chi connectivity index (χ0v) is 10.3.